The molecule has 148 valence electrons. The number of hydrogen-bond donors (Lipinski definition) is 3. The second kappa shape index (κ2) is 10.9. The summed E-state index contributed by atoms with van der Waals surface area (Å²) in [5.41, 5.74) is 1.36. The maximum Gasteiger partial charge on any atom is 0.308 e. The van der Waals surface area contributed by atoms with Crippen LogP contribution < -0.4 is 10.6 Å². The van der Waals surface area contributed by atoms with Gasteiger partial charge in [0.25, 0.3) is 5.91 Å². The van der Waals surface area contributed by atoms with Crippen LogP contribution in [0.5, 0.6) is 0 Å². The molecule has 2 amide bonds. The van der Waals surface area contributed by atoms with Gasteiger partial charge in [0.15, 0.2) is 0 Å². The van der Waals surface area contributed by atoms with Crippen molar-refractivity contribution >= 4 is 17.8 Å². The van der Waals surface area contributed by atoms with Crippen LogP contribution in [0.1, 0.15) is 35.7 Å². The van der Waals surface area contributed by atoms with Gasteiger partial charge in [-0.25, -0.2) is 0 Å². The molecule has 6 heteroatoms. The summed E-state index contributed by atoms with van der Waals surface area (Å²) in [6.07, 6.45) is 1.51. The van der Waals surface area contributed by atoms with E-state index in [0.717, 1.165) is 5.56 Å². The molecule has 2 atom stereocenters. The Bertz CT molecular complexity index is 778. The summed E-state index contributed by atoms with van der Waals surface area (Å²) in [5, 5.41) is 14.7. The van der Waals surface area contributed by atoms with E-state index in [4.69, 9.17) is 0 Å². The zero-order chi connectivity index (χ0) is 20.4. The molecular weight excluding hydrogens is 356 g/mol. The fourth-order valence-corrected chi connectivity index (χ4v) is 2.90. The SMILES string of the molecule is CCCC(CNC(=O)C(Cc1ccccc1)NC(=O)c1ccccc1)C(=O)O. The molecule has 0 heterocycles. The summed E-state index contributed by atoms with van der Waals surface area (Å²) >= 11 is 0. The largest absolute Gasteiger partial charge is 0.481 e. The van der Waals surface area contributed by atoms with Gasteiger partial charge in [-0.05, 0) is 24.1 Å². The van der Waals surface area contributed by atoms with E-state index >= 15 is 0 Å². The molecule has 0 aliphatic rings. The third-order valence-electron chi connectivity index (χ3n) is 4.45. The summed E-state index contributed by atoms with van der Waals surface area (Å²) in [6.45, 7) is 1.94. The first kappa shape index (κ1) is 21.2. The van der Waals surface area contributed by atoms with E-state index in [0.29, 0.717) is 24.8 Å². The monoisotopic (exact) mass is 382 g/mol. The zero-order valence-corrected chi connectivity index (χ0v) is 15.9. The highest BCUT2D eigenvalue weighted by Gasteiger charge is 2.24. The number of hydrogen-bond acceptors (Lipinski definition) is 3. The molecule has 0 aliphatic carbocycles. The van der Waals surface area contributed by atoms with Crippen LogP contribution in [0.25, 0.3) is 0 Å². The van der Waals surface area contributed by atoms with E-state index in [1.807, 2.05) is 43.3 Å². The lowest BCUT2D eigenvalue weighted by Crippen LogP contribution is -2.49. The number of amides is 2. The van der Waals surface area contributed by atoms with E-state index in [2.05, 4.69) is 10.6 Å². The van der Waals surface area contributed by atoms with Crippen LogP contribution in [0.2, 0.25) is 0 Å². The van der Waals surface area contributed by atoms with Crippen LogP contribution in [-0.2, 0) is 16.0 Å². The average Bonchev–Trinajstić information content (AvgIpc) is 2.71. The number of carbonyl (C=O) groups is 3. The van der Waals surface area contributed by atoms with Crippen molar-refractivity contribution in [1.29, 1.82) is 0 Å². The number of nitrogens with one attached hydrogen (secondary N) is 2. The first-order valence-electron chi connectivity index (χ1n) is 9.41. The standard InChI is InChI=1S/C22H26N2O4/c1-2-9-18(22(27)28)15-23-21(26)19(14-16-10-5-3-6-11-16)24-20(25)17-12-7-4-8-13-17/h3-8,10-13,18-19H,2,9,14-15H2,1H3,(H,23,26)(H,24,25)(H,27,28). The van der Waals surface area contributed by atoms with Gasteiger partial charge in [0.05, 0.1) is 5.92 Å². The second-order valence-corrected chi connectivity index (χ2v) is 6.65. The number of aliphatic carboxylic acids is 1. The first-order valence-corrected chi connectivity index (χ1v) is 9.41. The molecule has 2 aromatic rings. The van der Waals surface area contributed by atoms with Crippen molar-refractivity contribution < 1.29 is 19.5 Å². The van der Waals surface area contributed by atoms with Gasteiger partial charge < -0.3 is 15.7 Å². The number of carboxylic acid groups (broad SMARTS) is 1. The van der Waals surface area contributed by atoms with Gasteiger partial charge in [0, 0.05) is 18.5 Å². The third kappa shape index (κ3) is 6.54. The smallest absolute Gasteiger partial charge is 0.308 e. The number of carboxylic acids is 1. The van der Waals surface area contributed by atoms with Gasteiger partial charge >= 0.3 is 5.97 Å². The predicted octanol–water partition coefficient (Wildman–Crippen LogP) is 2.64. The second-order valence-electron chi connectivity index (χ2n) is 6.65. The van der Waals surface area contributed by atoms with E-state index in [9.17, 15) is 19.5 Å². The molecule has 3 N–H and O–H groups in total. The molecule has 2 unspecified atom stereocenters. The molecule has 28 heavy (non-hydrogen) atoms. The summed E-state index contributed by atoms with van der Waals surface area (Å²) in [5.74, 6) is -2.32. The lowest BCUT2D eigenvalue weighted by molar-refractivity contribution is -0.142. The summed E-state index contributed by atoms with van der Waals surface area (Å²) in [6, 6.07) is 17.2. The van der Waals surface area contributed by atoms with Gasteiger partial charge in [-0.2, -0.15) is 0 Å². The Balaban J connectivity index is 2.09. The minimum absolute atomic E-state index is 0.0362. The number of benzene rings is 2. The molecule has 0 spiro atoms. The van der Waals surface area contributed by atoms with Crippen molar-refractivity contribution in [3.8, 4) is 0 Å². The lowest BCUT2D eigenvalue weighted by atomic mass is 10.0. The Kier molecular flexibility index (Phi) is 8.21. The van der Waals surface area contributed by atoms with E-state index in [-0.39, 0.29) is 12.5 Å². The van der Waals surface area contributed by atoms with Crippen LogP contribution in [0.3, 0.4) is 0 Å². The maximum absolute atomic E-state index is 12.7. The molecule has 0 saturated carbocycles. The Morgan fingerprint density at radius 1 is 0.964 bits per heavy atom. The van der Waals surface area contributed by atoms with Crippen molar-refractivity contribution in [1.82, 2.24) is 10.6 Å². The topological polar surface area (TPSA) is 95.5 Å². The maximum atomic E-state index is 12.7. The van der Waals surface area contributed by atoms with Crippen LogP contribution >= 0.6 is 0 Å². The normalized spacial score (nSPS) is 12.6. The summed E-state index contributed by atoms with van der Waals surface area (Å²) in [4.78, 5) is 36.5. The first-order chi connectivity index (χ1) is 13.5. The highest BCUT2D eigenvalue weighted by molar-refractivity contribution is 5.97. The molecule has 0 fully saturated rings. The van der Waals surface area contributed by atoms with Crippen LogP contribution in [0.15, 0.2) is 60.7 Å². The van der Waals surface area contributed by atoms with Crippen molar-refractivity contribution in [2.24, 2.45) is 5.92 Å². The summed E-state index contributed by atoms with van der Waals surface area (Å²) < 4.78 is 0. The molecule has 6 nitrogen and oxygen atoms in total. The van der Waals surface area contributed by atoms with Crippen molar-refractivity contribution in [3.63, 3.8) is 0 Å². The molecule has 0 aromatic heterocycles. The van der Waals surface area contributed by atoms with Gasteiger partial charge in [0.2, 0.25) is 5.91 Å². The van der Waals surface area contributed by atoms with E-state index < -0.39 is 23.8 Å². The summed E-state index contributed by atoms with van der Waals surface area (Å²) in [7, 11) is 0. The molecular formula is C22H26N2O4. The molecule has 0 saturated heterocycles. The van der Waals surface area contributed by atoms with Crippen molar-refractivity contribution in [2.75, 3.05) is 6.54 Å². The Morgan fingerprint density at radius 3 is 2.14 bits per heavy atom. The Labute approximate surface area is 165 Å². The minimum atomic E-state index is -0.935. The van der Waals surface area contributed by atoms with Crippen molar-refractivity contribution in [2.45, 2.75) is 32.2 Å². The Hall–Kier alpha value is -3.15. The van der Waals surface area contributed by atoms with Crippen LogP contribution in [-0.4, -0.2) is 35.5 Å². The van der Waals surface area contributed by atoms with Gasteiger partial charge in [0.1, 0.15) is 6.04 Å². The van der Waals surface area contributed by atoms with E-state index in [1.165, 1.54) is 0 Å². The molecule has 0 radical (unpaired) electrons. The predicted molar refractivity (Wildman–Crippen MR) is 107 cm³/mol. The lowest BCUT2D eigenvalue weighted by Gasteiger charge is -2.20. The number of rotatable bonds is 10. The minimum Gasteiger partial charge on any atom is -0.481 e. The zero-order valence-electron chi connectivity index (χ0n) is 15.9. The fourth-order valence-electron chi connectivity index (χ4n) is 2.90. The molecule has 2 aromatic carbocycles. The molecule has 2 rings (SSSR count). The Morgan fingerprint density at radius 2 is 1.57 bits per heavy atom. The van der Waals surface area contributed by atoms with E-state index in [1.54, 1.807) is 24.3 Å². The highest BCUT2D eigenvalue weighted by Crippen LogP contribution is 2.08. The van der Waals surface area contributed by atoms with Crippen LogP contribution in [0, 0.1) is 5.92 Å². The quantitative estimate of drug-likeness (QED) is 0.589. The molecule has 0 bridgehead atoms. The van der Waals surface area contributed by atoms with Gasteiger partial charge in [-0.15, -0.1) is 0 Å². The highest BCUT2D eigenvalue weighted by atomic mass is 16.4. The van der Waals surface area contributed by atoms with Crippen molar-refractivity contribution in [3.05, 3.63) is 71.8 Å². The van der Waals surface area contributed by atoms with Gasteiger partial charge in [-0.1, -0.05) is 61.9 Å². The van der Waals surface area contributed by atoms with Crippen LogP contribution in [0.4, 0.5) is 0 Å². The number of carbonyl (C=O) groups excluding carboxylic acids is 2. The molecule has 0 aliphatic heterocycles. The van der Waals surface area contributed by atoms with Gasteiger partial charge in [-0.3, -0.25) is 14.4 Å². The third-order valence-corrected chi connectivity index (χ3v) is 4.45. The fraction of sp³-hybridized carbons (Fsp3) is 0.318. The average molecular weight is 382 g/mol.